The van der Waals surface area contributed by atoms with E-state index in [1.807, 2.05) is 20.8 Å². The number of likely N-dealkylation sites (tertiary alicyclic amines) is 1. The summed E-state index contributed by atoms with van der Waals surface area (Å²) in [7, 11) is -3.73. The maximum absolute atomic E-state index is 12.8. The van der Waals surface area contributed by atoms with Gasteiger partial charge >= 0.3 is 6.09 Å². The van der Waals surface area contributed by atoms with Gasteiger partial charge in [0.05, 0.1) is 26.4 Å². The minimum Gasteiger partial charge on any atom is -0.477 e. The molecule has 3 aliphatic rings. The lowest BCUT2D eigenvalue weighted by Gasteiger charge is -2.35. The molecule has 4 rings (SSSR count). The molecule has 196 valence electrons. The number of piperidine rings is 1. The molecular weight excluding hydrogens is 474 g/mol. The van der Waals surface area contributed by atoms with E-state index < -0.39 is 21.2 Å². The largest absolute Gasteiger partial charge is 0.477 e. The van der Waals surface area contributed by atoms with Crippen LogP contribution in [0.4, 0.5) is 4.79 Å². The number of aromatic nitrogens is 1. The van der Waals surface area contributed by atoms with Crippen molar-refractivity contribution in [1.29, 1.82) is 0 Å². The fourth-order valence-electron chi connectivity index (χ4n) is 4.59. The highest BCUT2D eigenvalue weighted by atomic mass is 32.2. The lowest BCUT2D eigenvalue weighted by atomic mass is 9.94. The van der Waals surface area contributed by atoms with E-state index in [0.717, 1.165) is 19.3 Å². The Morgan fingerprint density at radius 3 is 2.60 bits per heavy atom. The third-order valence-corrected chi connectivity index (χ3v) is 8.12. The third kappa shape index (κ3) is 6.37. The number of nitrogens with zero attached hydrogens (tertiary/aromatic N) is 2. The number of pyridine rings is 1. The van der Waals surface area contributed by atoms with Crippen molar-refractivity contribution in [3.05, 3.63) is 11.6 Å². The zero-order valence-corrected chi connectivity index (χ0v) is 21.9. The maximum Gasteiger partial charge on any atom is 0.410 e. The molecular formula is C24H37N3O7S. The lowest BCUT2D eigenvalue weighted by Crippen LogP contribution is -2.49. The van der Waals surface area contributed by atoms with Crippen LogP contribution in [0.5, 0.6) is 11.8 Å². The van der Waals surface area contributed by atoms with Crippen LogP contribution in [0.1, 0.15) is 58.4 Å². The van der Waals surface area contributed by atoms with E-state index in [0.29, 0.717) is 63.1 Å². The van der Waals surface area contributed by atoms with Crippen molar-refractivity contribution < 1.29 is 32.2 Å². The predicted octanol–water partition coefficient (Wildman–Crippen LogP) is 3.03. The van der Waals surface area contributed by atoms with Gasteiger partial charge in [-0.05, 0) is 58.9 Å². The maximum atomic E-state index is 12.8. The monoisotopic (exact) mass is 511 g/mol. The molecule has 1 N–H and O–H groups in total. The quantitative estimate of drug-likeness (QED) is 0.656. The summed E-state index contributed by atoms with van der Waals surface area (Å²) in [4.78, 5) is 18.6. The minimum atomic E-state index is -3.73. The number of ether oxygens (including phenoxy) is 4. The molecule has 1 amide bonds. The van der Waals surface area contributed by atoms with E-state index in [1.165, 1.54) is 0 Å². The molecule has 1 aromatic rings. The van der Waals surface area contributed by atoms with Crippen LogP contribution in [-0.2, 0) is 19.5 Å². The van der Waals surface area contributed by atoms with Gasteiger partial charge in [0.1, 0.15) is 16.1 Å². The number of hydrogen-bond acceptors (Lipinski definition) is 8. The van der Waals surface area contributed by atoms with Gasteiger partial charge in [-0.15, -0.1) is 0 Å². The molecule has 0 radical (unpaired) electrons. The van der Waals surface area contributed by atoms with Gasteiger partial charge in [0, 0.05) is 31.5 Å². The summed E-state index contributed by atoms with van der Waals surface area (Å²) in [6, 6.07) is 1.57. The number of carbonyl (C=O) groups excluding carboxylic acids is 1. The topological polar surface area (TPSA) is 116 Å². The van der Waals surface area contributed by atoms with Gasteiger partial charge in [0.25, 0.3) is 0 Å². The molecule has 1 spiro atoms. The number of sulfonamides is 1. The number of amides is 1. The van der Waals surface area contributed by atoms with E-state index >= 15 is 0 Å². The molecule has 11 heteroatoms. The number of aryl methyl sites for hydroxylation is 1. The fourth-order valence-corrected chi connectivity index (χ4v) is 5.85. The number of nitrogens with one attached hydrogen (secondary N) is 1. The summed E-state index contributed by atoms with van der Waals surface area (Å²) in [6.07, 6.45) is 3.50. The Labute approximate surface area is 207 Å². The molecule has 0 bridgehead atoms. The molecule has 0 atom stereocenters. The molecule has 2 fully saturated rings. The van der Waals surface area contributed by atoms with Crippen LogP contribution in [0.2, 0.25) is 0 Å². The molecule has 0 aliphatic carbocycles. The van der Waals surface area contributed by atoms with Crippen molar-refractivity contribution in [2.24, 2.45) is 5.92 Å². The van der Waals surface area contributed by atoms with Gasteiger partial charge in [-0.3, -0.25) is 0 Å². The summed E-state index contributed by atoms with van der Waals surface area (Å²) >= 11 is 0. The van der Waals surface area contributed by atoms with Crippen LogP contribution in [0.15, 0.2) is 11.0 Å². The van der Waals surface area contributed by atoms with Gasteiger partial charge in [-0.1, -0.05) is 0 Å². The SMILES string of the molecule is Cc1cc2c(nc1OCCC1CCN(C(=O)OC(C)(C)C)CC1)OC1(CCOCC1)CNS2(=O)=O. The van der Waals surface area contributed by atoms with Crippen LogP contribution in [0, 0.1) is 12.8 Å². The Balaban J connectivity index is 1.36. The highest BCUT2D eigenvalue weighted by Crippen LogP contribution is 2.36. The van der Waals surface area contributed by atoms with Gasteiger partial charge in [0.15, 0.2) is 0 Å². The standard InChI is InChI=1S/C24H37N3O7S/c1-17-15-19-21(33-24(8-13-31-14-9-24)16-25-35(19,29)30)26-20(17)32-12-7-18-5-10-27(11-6-18)22(28)34-23(2,3)4/h15,18,25H,5-14,16H2,1-4H3. The second-order valence-electron chi connectivity index (χ2n) is 10.7. The van der Waals surface area contributed by atoms with Gasteiger partial charge in [-0.25, -0.2) is 17.9 Å². The van der Waals surface area contributed by atoms with Crippen molar-refractivity contribution in [3.8, 4) is 11.8 Å². The summed E-state index contributed by atoms with van der Waals surface area (Å²) in [5.74, 6) is 0.901. The van der Waals surface area contributed by atoms with Crippen molar-refractivity contribution in [2.75, 3.05) is 39.5 Å². The average Bonchev–Trinajstić information content (AvgIpc) is 2.88. The van der Waals surface area contributed by atoms with Crippen molar-refractivity contribution in [3.63, 3.8) is 0 Å². The van der Waals surface area contributed by atoms with E-state index in [4.69, 9.17) is 18.9 Å². The fraction of sp³-hybridized carbons (Fsp3) is 0.750. The number of hydrogen-bond donors (Lipinski definition) is 1. The molecule has 10 nitrogen and oxygen atoms in total. The first-order valence-corrected chi connectivity index (χ1v) is 13.8. The second kappa shape index (κ2) is 10.1. The van der Waals surface area contributed by atoms with Gasteiger partial charge in [-0.2, -0.15) is 4.98 Å². The predicted molar refractivity (Wildman–Crippen MR) is 128 cm³/mol. The van der Waals surface area contributed by atoms with Gasteiger partial charge in [0.2, 0.25) is 21.8 Å². The van der Waals surface area contributed by atoms with E-state index in [1.54, 1.807) is 17.9 Å². The van der Waals surface area contributed by atoms with Crippen LogP contribution in [0.25, 0.3) is 0 Å². The van der Waals surface area contributed by atoms with Crippen molar-refractivity contribution in [1.82, 2.24) is 14.6 Å². The number of rotatable bonds is 4. The van der Waals surface area contributed by atoms with Crippen LogP contribution in [-0.4, -0.2) is 75.1 Å². The molecule has 2 saturated heterocycles. The molecule has 35 heavy (non-hydrogen) atoms. The first-order chi connectivity index (χ1) is 16.5. The van der Waals surface area contributed by atoms with Crippen LogP contribution >= 0.6 is 0 Å². The Morgan fingerprint density at radius 2 is 1.94 bits per heavy atom. The highest BCUT2D eigenvalue weighted by molar-refractivity contribution is 7.89. The second-order valence-corrected chi connectivity index (χ2v) is 12.4. The zero-order chi connectivity index (χ0) is 25.3. The summed E-state index contributed by atoms with van der Waals surface area (Å²) in [5, 5.41) is 0. The lowest BCUT2D eigenvalue weighted by molar-refractivity contribution is -0.0445. The Bertz CT molecular complexity index is 1020. The van der Waals surface area contributed by atoms with Crippen LogP contribution < -0.4 is 14.2 Å². The van der Waals surface area contributed by atoms with E-state index in [-0.39, 0.29) is 23.4 Å². The summed E-state index contributed by atoms with van der Waals surface area (Å²) < 4.78 is 51.4. The molecule has 3 aliphatic heterocycles. The molecule has 0 aromatic carbocycles. The Kier molecular flexibility index (Phi) is 7.49. The van der Waals surface area contributed by atoms with Crippen molar-refractivity contribution >= 4 is 16.1 Å². The molecule has 0 saturated carbocycles. The van der Waals surface area contributed by atoms with Crippen LogP contribution in [0.3, 0.4) is 0 Å². The van der Waals surface area contributed by atoms with Crippen molar-refractivity contribution in [2.45, 2.75) is 75.9 Å². The molecule has 1 aromatic heterocycles. The number of fused-ring (bicyclic) bond motifs is 1. The highest BCUT2D eigenvalue weighted by Gasteiger charge is 2.41. The van der Waals surface area contributed by atoms with E-state index in [9.17, 15) is 13.2 Å². The van der Waals surface area contributed by atoms with Gasteiger partial charge < -0.3 is 23.8 Å². The smallest absolute Gasteiger partial charge is 0.410 e. The minimum absolute atomic E-state index is 0.0419. The normalized spacial score (nSPS) is 22.1. The third-order valence-electron chi connectivity index (χ3n) is 6.72. The Morgan fingerprint density at radius 1 is 1.26 bits per heavy atom. The number of carbonyl (C=O) groups is 1. The Hall–Kier alpha value is -2.11. The first-order valence-electron chi connectivity index (χ1n) is 12.4. The summed E-state index contributed by atoms with van der Waals surface area (Å²) in [6.45, 7) is 10.4. The average molecular weight is 512 g/mol. The zero-order valence-electron chi connectivity index (χ0n) is 21.1. The molecule has 4 heterocycles. The van der Waals surface area contributed by atoms with E-state index in [2.05, 4.69) is 9.71 Å². The summed E-state index contributed by atoms with van der Waals surface area (Å²) in [5.41, 5.74) is -0.525. The molecule has 0 unspecified atom stereocenters. The first kappa shape index (κ1) is 26.0.